The predicted octanol–water partition coefficient (Wildman–Crippen LogP) is -0.835. The monoisotopic (exact) mass is 407 g/mol. The molecule has 1 saturated heterocycles. The van der Waals surface area contributed by atoms with Gasteiger partial charge in [-0.15, -0.1) is 0 Å². The largest absolute Gasteiger partial charge is 1.00 e. The molecule has 2 heterocycles. The van der Waals surface area contributed by atoms with E-state index in [1.54, 1.807) is 12.1 Å². The number of para-hydroxylation sites is 1. The number of benzene rings is 1. The highest BCUT2D eigenvalue weighted by Crippen LogP contribution is 2.20. The van der Waals surface area contributed by atoms with Crippen LogP contribution in [-0.2, 0) is 11.3 Å². The number of hydrogen-bond donors (Lipinski definition) is 0. The molecule has 0 atom stereocenters. The van der Waals surface area contributed by atoms with E-state index in [4.69, 9.17) is 0 Å². The van der Waals surface area contributed by atoms with Crippen LogP contribution < -0.4 is 26.4 Å². The van der Waals surface area contributed by atoms with E-state index in [9.17, 15) is 9.18 Å². The second-order valence-electron chi connectivity index (χ2n) is 6.18. The van der Waals surface area contributed by atoms with Crippen LogP contribution >= 0.6 is 0 Å². The van der Waals surface area contributed by atoms with Gasteiger partial charge in [-0.3, -0.25) is 4.79 Å². The van der Waals surface area contributed by atoms with Gasteiger partial charge in [-0.25, -0.2) is 8.96 Å². The number of piperazine rings is 1. The Morgan fingerprint density at radius 1 is 1.08 bits per heavy atom. The molecule has 134 valence electrons. The Hall–Kier alpha value is -1.95. The Kier molecular flexibility index (Phi) is 6.93. The third-order valence-corrected chi connectivity index (χ3v) is 4.47. The lowest BCUT2D eigenvalue weighted by molar-refractivity contribution is -0.696. The zero-order valence-corrected chi connectivity index (χ0v) is 16.0. The maximum absolute atomic E-state index is 13.8. The molecule has 1 fully saturated rings. The van der Waals surface area contributed by atoms with Crippen LogP contribution in [0.25, 0.3) is 0 Å². The molecule has 25 heavy (non-hydrogen) atoms. The van der Waals surface area contributed by atoms with E-state index in [2.05, 4.69) is 0 Å². The van der Waals surface area contributed by atoms with E-state index < -0.39 is 0 Å². The molecule has 0 radical (unpaired) electrons. The number of nitrogens with zero attached hydrogens (tertiary/aromatic N) is 3. The van der Waals surface area contributed by atoms with Crippen molar-refractivity contribution in [1.29, 1.82) is 0 Å². The van der Waals surface area contributed by atoms with E-state index in [1.165, 1.54) is 11.6 Å². The Labute approximate surface area is 158 Å². The van der Waals surface area contributed by atoms with Crippen molar-refractivity contribution in [3.05, 3.63) is 60.2 Å². The fourth-order valence-electron chi connectivity index (χ4n) is 2.97. The first-order chi connectivity index (χ1) is 11.6. The average Bonchev–Trinajstić information content (AvgIpc) is 2.61. The quantitative estimate of drug-likeness (QED) is 0.618. The van der Waals surface area contributed by atoms with Crippen LogP contribution in [0.1, 0.15) is 12.0 Å². The molecule has 0 N–H and O–H groups in total. The minimum Gasteiger partial charge on any atom is -1.00 e. The number of carbonyl (C=O) groups is 1. The van der Waals surface area contributed by atoms with Gasteiger partial charge in [0, 0.05) is 38.3 Å². The summed E-state index contributed by atoms with van der Waals surface area (Å²) in [5.41, 5.74) is 1.83. The first-order valence-electron chi connectivity index (χ1n) is 8.36. The Morgan fingerprint density at radius 3 is 2.36 bits per heavy atom. The molecule has 2 aromatic rings. The molecular formula is C19H23BrFN3O. The number of anilines is 1. The summed E-state index contributed by atoms with van der Waals surface area (Å²) in [5.74, 6) is -0.0377. The van der Waals surface area contributed by atoms with Crippen LogP contribution in [0.4, 0.5) is 10.1 Å². The summed E-state index contributed by atoms with van der Waals surface area (Å²) < 4.78 is 15.9. The number of carbonyl (C=O) groups excluding carboxylic acids is 1. The van der Waals surface area contributed by atoms with Crippen molar-refractivity contribution in [3.8, 4) is 0 Å². The Balaban J connectivity index is 0.00000225. The van der Waals surface area contributed by atoms with Crippen LogP contribution in [0.5, 0.6) is 0 Å². The van der Waals surface area contributed by atoms with Crippen molar-refractivity contribution >= 4 is 11.6 Å². The van der Waals surface area contributed by atoms with Crippen molar-refractivity contribution in [3.63, 3.8) is 0 Å². The molecule has 1 aliphatic heterocycles. The van der Waals surface area contributed by atoms with Gasteiger partial charge >= 0.3 is 0 Å². The Morgan fingerprint density at radius 2 is 1.72 bits per heavy atom. The van der Waals surface area contributed by atoms with E-state index >= 15 is 0 Å². The van der Waals surface area contributed by atoms with Crippen LogP contribution in [0, 0.1) is 12.7 Å². The number of pyridine rings is 1. The number of amides is 1. The average molecular weight is 408 g/mol. The maximum atomic E-state index is 13.8. The lowest BCUT2D eigenvalue weighted by Crippen LogP contribution is -3.00. The lowest BCUT2D eigenvalue weighted by Gasteiger charge is -2.36. The second-order valence-corrected chi connectivity index (χ2v) is 6.18. The van der Waals surface area contributed by atoms with Gasteiger partial charge in [0.1, 0.15) is 5.82 Å². The minimum absolute atomic E-state index is 0. The number of aryl methyl sites for hydroxylation is 2. The van der Waals surface area contributed by atoms with E-state index in [1.807, 2.05) is 51.9 Å². The SMILES string of the molecule is Cc1cc[n+](CCC(=O)N2CCN(c3ccccc3F)CC2)cc1.[Br-]. The van der Waals surface area contributed by atoms with Gasteiger partial charge < -0.3 is 26.8 Å². The summed E-state index contributed by atoms with van der Waals surface area (Å²) in [6.07, 6.45) is 4.49. The minimum atomic E-state index is -0.201. The third kappa shape index (κ3) is 5.01. The van der Waals surface area contributed by atoms with Crippen molar-refractivity contribution in [2.75, 3.05) is 31.1 Å². The molecule has 1 aromatic heterocycles. The van der Waals surface area contributed by atoms with Gasteiger partial charge in [0.2, 0.25) is 5.91 Å². The molecule has 0 saturated carbocycles. The number of hydrogen-bond acceptors (Lipinski definition) is 2. The summed E-state index contributed by atoms with van der Waals surface area (Å²) in [4.78, 5) is 16.3. The fraction of sp³-hybridized carbons (Fsp3) is 0.368. The third-order valence-electron chi connectivity index (χ3n) is 4.47. The molecule has 1 amide bonds. The van der Waals surface area contributed by atoms with E-state index in [0.29, 0.717) is 44.8 Å². The predicted molar refractivity (Wildman–Crippen MR) is 91.2 cm³/mol. The van der Waals surface area contributed by atoms with Gasteiger partial charge in [-0.05, 0) is 24.6 Å². The van der Waals surface area contributed by atoms with Crippen molar-refractivity contribution in [1.82, 2.24) is 4.90 Å². The Bertz CT molecular complexity index is 700. The lowest BCUT2D eigenvalue weighted by atomic mass is 10.2. The highest BCUT2D eigenvalue weighted by atomic mass is 79.9. The molecule has 4 nitrogen and oxygen atoms in total. The number of rotatable bonds is 4. The summed E-state index contributed by atoms with van der Waals surface area (Å²) in [6, 6.07) is 10.9. The molecule has 1 aromatic carbocycles. The van der Waals surface area contributed by atoms with Gasteiger partial charge in [-0.2, -0.15) is 0 Å². The highest BCUT2D eigenvalue weighted by Gasteiger charge is 2.23. The fourth-order valence-corrected chi connectivity index (χ4v) is 2.97. The molecule has 6 heteroatoms. The van der Waals surface area contributed by atoms with Crippen LogP contribution in [-0.4, -0.2) is 37.0 Å². The van der Waals surface area contributed by atoms with Crippen LogP contribution in [0.3, 0.4) is 0 Å². The van der Waals surface area contributed by atoms with E-state index in [-0.39, 0.29) is 28.7 Å². The number of aromatic nitrogens is 1. The highest BCUT2D eigenvalue weighted by molar-refractivity contribution is 5.76. The first kappa shape index (κ1) is 19.4. The molecule has 0 bridgehead atoms. The smallest absolute Gasteiger partial charge is 0.229 e. The molecule has 1 aliphatic rings. The second kappa shape index (κ2) is 8.94. The summed E-state index contributed by atoms with van der Waals surface area (Å²) >= 11 is 0. The normalized spacial score (nSPS) is 14.2. The topological polar surface area (TPSA) is 27.4 Å². The molecule has 0 aliphatic carbocycles. The summed E-state index contributed by atoms with van der Waals surface area (Å²) in [7, 11) is 0. The molecule has 0 unspecified atom stereocenters. The van der Waals surface area contributed by atoms with Crippen molar-refractivity contribution in [2.24, 2.45) is 0 Å². The zero-order chi connectivity index (χ0) is 16.9. The number of halogens is 2. The van der Waals surface area contributed by atoms with Gasteiger partial charge in [0.05, 0.1) is 12.1 Å². The van der Waals surface area contributed by atoms with E-state index in [0.717, 1.165) is 0 Å². The van der Waals surface area contributed by atoms with Crippen molar-refractivity contribution < 1.29 is 30.7 Å². The summed E-state index contributed by atoms with van der Waals surface area (Å²) in [6.45, 7) is 5.36. The van der Waals surface area contributed by atoms with Crippen LogP contribution in [0.2, 0.25) is 0 Å². The summed E-state index contributed by atoms with van der Waals surface area (Å²) in [5, 5.41) is 0. The first-order valence-corrected chi connectivity index (χ1v) is 8.36. The van der Waals surface area contributed by atoms with Gasteiger partial charge in [-0.1, -0.05) is 12.1 Å². The maximum Gasteiger partial charge on any atom is 0.229 e. The standard InChI is InChI=1S/C19H23FN3O.BrH/c1-16-6-9-21(10-7-16)11-8-19(24)23-14-12-22(13-15-23)18-5-3-2-4-17(18)20;/h2-7,9-10H,8,11-15H2,1H3;1H/q+1;/p-1. The molecule has 0 spiro atoms. The van der Waals surface area contributed by atoms with Gasteiger partial charge in [0.25, 0.3) is 0 Å². The van der Waals surface area contributed by atoms with Crippen molar-refractivity contribution in [2.45, 2.75) is 19.9 Å². The van der Waals surface area contributed by atoms with Crippen LogP contribution in [0.15, 0.2) is 48.8 Å². The zero-order valence-electron chi connectivity index (χ0n) is 14.4. The van der Waals surface area contributed by atoms with Gasteiger partial charge in [0.15, 0.2) is 18.9 Å². The molecular weight excluding hydrogens is 385 g/mol. The molecule has 3 rings (SSSR count).